The summed E-state index contributed by atoms with van der Waals surface area (Å²) < 4.78 is 26.1. The summed E-state index contributed by atoms with van der Waals surface area (Å²) in [7, 11) is 0. The molecule has 2 nitrogen and oxygen atoms in total. The van der Waals surface area contributed by atoms with E-state index in [2.05, 4.69) is 9.97 Å². The number of rotatable bonds is 0. The van der Waals surface area contributed by atoms with Crippen LogP contribution in [0.3, 0.4) is 0 Å². The van der Waals surface area contributed by atoms with Crippen LogP contribution in [0.25, 0.3) is 10.9 Å². The van der Waals surface area contributed by atoms with Crippen molar-refractivity contribution in [2.45, 2.75) is 27.7 Å². The summed E-state index contributed by atoms with van der Waals surface area (Å²) in [6.45, 7) is 8.00. The van der Waals surface area contributed by atoms with Gasteiger partial charge in [-0.1, -0.05) is 39.3 Å². The van der Waals surface area contributed by atoms with Crippen molar-refractivity contribution in [3.05, 3.63) is 35.2 Å². The van der Waals surface area contributed by atoms with Gasteiger partial charge in [0.05, 0.1) is 5.39 Å². The van der Waals surface area contributed by atoms with Gasteiger partial charge in [-0.05, 0) is 12.1 Å². The van der Waals surface area contributed by atoms with Crippen molar-refractivity contribution >= 4 is 22.5 Å². The Balaban J connectivity index is 0.000000581. The summed E-state index contributed by atoms with van der Waals surface area (Å²) in [5, 5.41) is -0.161. The van der Waals surface area contributed by atoms with E-state index in [0.29, 0.717) is 0 Å². The van der Waals surface area contributed by atoms with E-state index in [1.165, 1.54) is 0 Å². The number of aromatic nitrogens is 2. The first-order valence-electron chi connectivity index (χ1n) is 5.44. The summed E-state index contributed by atoms with van der Waals surface area (Å²) in [6, 6.07) is 1.99. The zero-order valence-corrected chi connectivity index (χ0v) is 11.0. The molecule has 17 heavy (non-hydrogen) atoms. The smallest absolute Gasteiger partial charge is 0.149 e. The Kier molecular flexibility index (Phi) is 7.30. The fraction of sp³-hybridized carbons (Fsp3) is 0.333. The molecule has 2 aromatic rings. The molecule has 0 fully saturated rings. The second kappa shape index (κ2) is 7.90. The second-order valence-corrected chi connectivity index (χ2v) is 2.78. The molecule has 5 heteroatoms. The minimum absolute atomic E-state index is 0.0795. The van der Waals surface area contributed by atoms with Crippen LogP contribution >= 0.6 is 11.6 Å². The average Bonchev–Trinajstić information content (AvgIpc) is 2.39. The van der Waals surface area contributed by atoms with E-state index in [0.717, 1.165) is 18.5 Å². The van der Waals surface area contributed by atoms with Crippen molar-refractivity contribution in [2.24, 2.45) is 0 Å². The first kappa shape index (κ1) is 15.7. The van der Waals surface area contributed by atoms with Gasteiger partial charge in [0.15, 0.2) is 0 Å². The van der Waals surface area contributed by atoms with Crippen LogP contribution in [-0.2, 0) is 0 Å². The van der Waals surface area contributed by atoms with Crippen molar-refractivity contribution in [1.29, 1.82) is 0 Å². The third-order valence-electron chi connectivity index (χ3n) is 1.64. The van der Waals surface area contributed by atoms with Gasteiger partial charge in [-0.15, -0.1) is 0 Å². The molecule has 0 radical (unpaired) electrons. The third kappa shape index (κ3) is 3.60. The molecule has 1 heterocycles. The number of nitrogens with zero attached hydrogens (tertiary/aromatic N) is 2. The van der Waals surface area contributed by atoms with Crippen LogP contribution < -0.4 is 0 Å². The number of benzene rings is 1. The molecule has 1 aromatic carbocycles. The molecule has 1 aromatic heterocycles. The fourth-order valence-electron chi connectivity index (χ4n) is 1.07. The highest BCUT2D eigenvalue weighted by molar-refractivity contribution is 6.34. The highest BCUT2D eigenvalue weighted by Gasteiger charge is 2.10. The van der Waals surface area contributed by atoms with Gasteiger partial charge < -0.3 is 0 Å². The van der Waals surface area contributed by atoms with Crippen LogP contribution in [0.5, 0.6) is 0 Å². The minimum Gasteiger partial charge on any atom is -0.233 e. The van der Waals surface area contributed by atoms with Crippen molar-refractivity contribution in [2.75, 3.05) is 0 Å². The Morgan fingerprint density at radius 1 is 0.941 bits per heavy atom. The molecule has 0 aliphatic heterocycles. The molecule has 0 N–H and O–H groups in total. The molecule has 94 valence electrons. The number of hydrogen-bond donors (Lipinski definition) is 0. The highest BCUT2D eigenvalue weighted by Crippen LogP contribution is 2.23. The monoisotopic (exact) mass is 260 g/mol. The second-order valence-electron chi connectivity index (χ2n) is 2.42. The first-order chi connectivity index (χ1) is 8.20. The zero-order valence-electron chi connectivity index (χ0n) is 10.3. The van der Waals surface area contributed by atoms with E-state index in [4.69, 9.17) is 11.6 Å². The van der Waals surface area contributed by atoms with Crippen LogP contribution in [0.2, 0.25) is 5.15 Å². The van der Waals surface area contributed by atoms with E-state index < -0.39 is 11.6 Å². The number of halogens is 3. The van der Waals surface area contributed by atoms with Crippen molar-refractivity contribution < 1.29 is 8.78 Å². The van der Waals surface area contributed by atoms with Crippen LogP contribution in [-0.4, -0.2) is 9.97 Å². The number of hydrogen-bond acceptors (Lipinski definition) is 2. The Morgan fingerprint density at radius 2 is 1.47 bits per heavy atom. The fourth-order valence-corrected chi connectivity index (χ4v) is 1.29. The predicted molar refractivity (Wildman–Crippen MR) is 67.2 cm³/mol. The normalized spacial score (nSPS) is 8.88. The van der Waals surface area contributed by atoms with E-state index in [-0.39, 0.29) is 16.1 Å². The summed E-state index contributed by atoms with van der Waals surface area (Å²) in [6.07, 6.45) is 1.09. The van der Waals surface area contributed by atoms with Crippen LogP contribution in [0.1, 0.15) is 27.7 Å². The summed E-state index contributed by atoms with van der Waals surface area (Å²) >= 11 is 5.58. The zero-order chi connectivity index (χ0) is 13.4. The maximum absolute atomic E-state index is 13.1. The van der Waals surface area contributed by atoms with Gasteiger partial charge in [-0.25, -0.2) is 18.7 Å². The Morgan fingerprint density at radius 3 is 2.00 bits per heavy atom. The minimum atomic E-state index is -0.623. The molecule has 0 saturated heterocycles. The maximum atomic E-state index is 13.1. The van der Waals surface area contributed by atoms with Gasteiger partial charge in [-0.3, -0.25) is 0 Å². The third-order valence-corrected chi connectivity index (χ3v) is 1.93. The molecular formula is C12H15ClF2N2. The molecule has 0 atom stereocenters. The summed E-state index contributed by atoms with van der Waals surface area (Å²) in [5.41, 5.74) is -0.0972. The van der Waals surface area contributed by atoms with Crippen LogP contribution in [0.15, 0.2) is 18.5 Å². The van der Waals surface area contributed by atoms with Gasteiger partial charge in [-0.2, -0.15) is 0 Å². The lowest BCUT2D eigenvalue weighted by Crippen LogP contribution is -1.90. The van der Waals surface area contributed by atoms with E-state index in [1.807, 2.05) is 27.7 Å². The van der Waals surface area contributed by atoms with Gasteiger partial charge in [0.2, 0.25) is 0 Å². The quantitative estimate of drug-likeness (QED) is 0.646. The van der Waals surface area contributed by atoms with Gasteiger partial charge >= 0.3 is 0 Å². The SMILES string of the molecule is CC.CC.Fc1ccc(F)c2c(Cl)ncnc12. The topological polar surface area (TPSA) is 25.8 Å². The van der Waals surface area contributed by atoms with E-state index in [9.17, 15) is 8.78 Å². The molecule has 2 rings (SSSR count). The predicted octanol–water partition coefficient (Wildman–Crippen LogP) is 4.61. The van der Waals surface area contributed by atoms with Crippen LogP contribution in [0, 0.1) is 11.6 Å². The largest absolute Gasteiger partial charge is 0.233 e. The molecule has 0 spiro atoms. The lowest BCUT2D eigenvalue weighted by atomic mass is 10.2. The molecular weight excluding hydrogens is 246 g/mol. The first-order valence-corrected chi connectivity index (χ1v) is 5.82. The highest BCUT2D eigenvalue weighted by atomic mass is 35.5. The van der Waals surface area contributed by atoms with Crippen LogP contribution in [0.4, 0.5) is 8.78 Å². The van der Waals surface area contributed by atoms with Gasteiger partial charge in [0.1, 0.15) is 28.6 Å². The molecule has 0 amide bonds. The standard InChI is InChI=1S/C8H3ClF2N2.2C2H6/c9-8-6-4(10)1-2-5(11)7(6)12-3-13-8;2*1-2/h1-3H;2*1-2H3. The molecule has 0 unspecified atom stereocenters. The van der Waals surface area contributed by atoms with E-state index >= 15 is 0 Å². The molecule has 0 aliphatic carbocycles. The number of fused-ring (bicyclic) bond motifs is 1. The molecule has 0 saturated carbocycles. The lowest BCUT2D eigenvalue weighted by molar-refractivity contribution is 0.614. The Bertz CT molecular complexity index is 467. The Hall–Kier alpha value is -1.29. The van der Waals surface area contributed by atoms with Gasteiger partial charge in [0, 0.05) is 0 Å². The molecule has 0 bridgehead atoms. The molecule has 0 aliphatic rings. The summed E-state index contributed by atoms with van der Waals surface area (Å²) in [5.74, 6) is -1.23. The van der Waals surface area contributed by atoms with Crippen molar-refractivity contribution in [3.63, 3.8) is 0 Å². The van der Waals surface area contributed by atoms with Gasteiger partial charge in [0.25, 0.3) is 0 Å². The summed E-state index contributed by atoms with van der Waals surface area (Å²) in [4.78, 5) is 7.15. The maximum Gasteiger partial charge on any atom is 0.149 e. The van der Waals surface area contributed by atoms with Crippen molar-refractivity contribution in [1.82, 2.24) is 9.97 Å². The van der Waals surface area contributed by atoms with E-state index in [1.54, 1.807) is 0 Å². The Labute approximate surface area is 105 Å². The van der Waals surface area contributed by atoms with Crippen molar-refractivity contribution in [3.8, 4) is 0 Å². The lowest BCUT2D eigenvalue weighted by Gasteiger charge is -2.00. The average molecular weight is 261 g/mol.